The number of rotatable bonds is 4. The maximum atomic E-state index is 11.9. The highest BCUT2D eigenvalue weighted by molar-refractivity contribution is 5.94. The summed E-state index contributed by atoms with van der Waals surface area (Å²) in [5, 5.41) is 0. The molecule has 0 spiro atoms. The molecule has 98 valence electrons. The summed E-state index contributed by atoms with van der Waals surface area (Å²) in [5.41, 5.74) is 7.16. The number of nitrogens with two attached hydrogens (primary N) is 1. The summed E-state index contributed by atoms with van der Waals surface area (Å²) in [6.45, 7) is 0.0875. The van der Waals surface area contributed by atoms with E-state index in [1.54, 1.807) is 42.6 Å². The van der Waals surface area contributed by atoms with Crippen molar-refractivity contribution in [3.8, 4) is 5.88 Å². The number of nitrogen functional groups attached to an aromatic ring is 1. The van der Waals surface area contributed by atoms with Crippen LogP contribution in [0.2, 0.25) is 0 Å². The van der Waals surface area contributed by atoms with E-state index in [0.29, 0.717) is 22.7 Å². The lowest BCUT2D eigenvalue weighted by Crippen LogP contribution is -2.08. The van der Waals surface area contributed by atoms with Gasteiger partial charge in [0.05, 0.1) is 18.2 Å². The van der Waals surface area contributed by atoms with E-state index in [-0.39, 0.29) is 6.61 Å². The average Bonchev–Trinajstić information content (AvgIpc) is 2.45. The molecule has 0 radical (unpaired) electrons. The maximum Gasteiger partial charge on any atom is 0.340 e. The molecular formula is C14H14N2O3. The van der Waals surface area contributed by atoms with E-state index < -0.39 is 5.97 Å². The molecular weight excluding hydrogens is 244 g/mol. The van der Waals surface area contributed by atoms with Crippen molar-refractivity contribution in [2.75, 3.05) is 12.8 Å². The van der Waals surface area contributed by atoms with Crippen LogP contribution in [0.4, 0.5) is 5.69 Å². The van der Waals surface area contributed by atoms with E-state index >= 15 is 0 Å². The molecule has 2 rings (SSSR count). The molecule has 1 heterocycles. The zero-order chi connectivity index (χ0) is 13.7. The van der Waals surface area contributed by atoms with Crippen molar-refractivity contribution < 1.29 is 14.3 Å². The van der Waals surface area contributed by atoms with Gasteiger partial charge in [0.15, 0.2) is 0 Å². The molecule has 0 saturated heterocycles. The number of para-hydroxylation sites is 1. The van der Waals surface area contributed by atoms with E-state index in [2.05, 4.69) is 4.98 Å². The first-order chi connectivity index (χ1) is 9.22. The van der Waals surface area contributed by atoms with Crippen molar-refractivity contribution in [1.29, 1.82) is 0 Å². The van der Waals surface area contributed by atoms with E-state index in [1.807, 2.05) is 0 Å². The van der Waals surface area contributed by atoms with Gasteiger partial charge in [-0.2, -0.15) is 0 Å². The largest absolute Gasteiger partial charge is 0.481 e. The molecule has 0 atom stereocenters. The first kappa shape index (κ1) is 12.9. The van der Waals surface area contributed by atoms with Gasteiger partial charge in [0.2, 0.25) is 5.88 Å². The first-order valence-corrected chi connectivity index (χ1v) is 5.72. The van der Waals surface area contributed by atoms with Crippen molar-refractivity contribution >= 4 is 11.7 Å². The number of methoxy groups -OCH3 is 1. The third-order valence-corrected chi connectivity index (χ3v) is 2.58. The van der Waals surface area contributed by atoms with Crippen LogP contribution < -0.4 is 10.5 Å². The van der Waals surface area contributed by atoms with Gasteiger partial charge in [-0.3, -0.25) is 0 Å². The first-order valence-electron chi connectivity index (χ1n) is 5.72. The minimum Gasteiger partial charge on any atom is -0.481 e. The second kappa shape index (κ2) is 5.86. The molecule has 5 nitrogen and oxygen atoms in total. The van der Waals surface area contributed by atoms with Crippen LogP contribution >= 0.6 is 0 Å². The third-order valence-electron chi connectivity index (χ3n) is 2.58. The van der Waals surface area contributed by atoms with Gasteiger partial charge < -0.3 is 15.2 Å². The smallest absolute Gasteiger partial charge is 0.340 e. The van der Waals surface area contributed by atoms with Gasteiger partial charge in [-0.15, -0.1) is 0 Å². The maximum absolute atomic E-state index is 11.9. The van der Waals surface area contributed by atoms with Gasteiger partial charge in [-0.05, 0) is 24.3 Å². The fraction of sp³-hybridized carbons (Fsp3) is 0.143. The molecule has 0 aliphatic heterocycles. The van der Waals surface area contributed by atoms with Crippen LogP contribution in [0.5, 0.6) is 5.88 Å². The van der Waals surface area contributed by atoms with Gasteiger partial charge in [-0.25, -0.2) is 9.78 Å². The number of hydrogen-bond donors (Lipinski definition) is 1. The van der Waals surface area contributed by atoms with Crippen molar-refractivity contribution in [2.24, 2.45) is 0 Å². The number of nitrogens with zero attached hydrogens (tertiary/aromatic N) is 1. The van der Waals surface area contributed by atoms with Crippen LogP contribution in [0.15, 0.2) is 42.6 Å². The van der Waals surface area contributed by atoms with Crippen LogP contribution in [0.3, 0.4) is 0 Å². The Balaban J connectivity index is 2.07. The Labute approximate surface area is 111 Å². The highest BCUT2D eigenvalue weighted by Gasteiger charge is 2.12. The zero-order valence-electron chi connectivity index (χ0n) is 10.5. The van der Waals surface area contributed by atoms with Crippen LogP contribution in [-0.4, -0.2) is 18.1 Å². The van der Waals surface area contributed by atoms with E-state index in [9.17, 15) is 4.79 Å². The summed E-state index contributed by atoms with van der Waals surface area (Å²) in [5.74, 6) is -0.0275. The van der Waals surface area contributed by atoms with Gasteiger partial charge in [0.25, 0.3) is 0 Å². The van der Waals surface area contributed by atoms with Crippen molar-refractivity contribution in [2.45, 2.75) is 6.61 Å². The number of benzene rings is 1. The topological polar surface area (TPSA) is 74.4 Å². The Morgan fingerprint density at radius 1 is 1.26 bits per heavy atom. The highest BCUT2D eigenvalue weighted by atomic mass is 16.5. The summed E-state index contributed by atoms with van der Waals surface area (Å²) in [6, 6.07) is 10.3. The second-order valence-electron chi connectivity index (χ2n) is 3.84. The third kappa shape index (κ3) is 3.01. The summed E-state index contributed by atoms with van der Waals surface area (Å²) in [4.78, 5) is 15.9. The van der Waals surface area contributed by atoms with Crippen LogP contribution in [0.1, 0.15) is 15.9 Å². The Bertz CT molecular complexity index is 584. The summed E-state index contributed by atoms with van der Waals surface area (Å²) < 4.78 is 10.3. The highest BCUT2D eigenvalue weighted by Crippen LogP contribution is 2.17. The van der Waals surface area contributed by atoms with Crippen molar-refractivity contribution in [1.82, 2.24) is 4.98 Å². The van der Waals surface area contributed by atoms with Crippen molar-refractivity contribution in [3.05, 3.63) is 53.7 Å². The molecule has 2 N–H and O–H groups in total. The molecule has 0 aliphatic carbocycles. The number of esters is 1. The molecule has 2 aromatic rings. The lowest BCUT2D eigenvalue weighted by Gasteiger charge is -2.09. The average molecular weight is 258 g/mol. The molecule has 0 saturated carbocycles. The number of pyridine rings is 1. The van der Waals surface area contributed by atoms with E-state index in [1.165, 1.54) is 7.11 Å². The fourth-order valence-electron chi connectivity index (χ4n) is 1.62. The molecule has 1 aromatic carbocycles. The van der Waals surface area contributed by atoms with E-state index in [0.717, 1.165) is 0 Å². The van der Waals surface area contributed by atoms with Gasteiger partial charge in [0, 0.05) is 11.9 Å². The monoisotopic (exact) mass is 258 g/mol. The quantitative estimate of drug-likeness (QED) is 0.671. The molecule has 0 bridgehead atoms. The zero-order valence-corrected chi connectivity index (χ0v) is 10.5. The second-order valence-corrected chi connectivity index (χ2v) is 3.84. The molecule has 0 fully saturated rings. The predicted octanol–water partition coefficient (Wildman–Crippen LogP) is 2.03. The number of carbonyl (C=O) groups excluding carboxylic acids is 1. The fourth-order valence-corrected chi connectivity index (χ4v) is 1.62. The Morgan fingerprint density at radius 2 is 2.05 bits per heavy atom. The van der Waals surface area contributed by atoms with Crippen LogP contribution in [0.25, 0.3) is 0 Å². The number of aromatic nitrogens is 1. The minimum absolute atomic E-state index is 0.0875. The van der Waals surface area contributed by atoms with Gasteiger partial charge >= 0.3 is 5.97 Å². The predicted molar refractivity (Wildman–Crippen MR) is 70.8 cm³/mol. The Kier molecular flexibility index (Phi) is 3.97. The molecule has 5 heteroatoms. The van der Waals surface area contributed by atoms with E-state index in [4.69, 9.17) is 15.2 Å². The molecule has 0 amide bonds. The SMILES string of the molecule is COc1ncccc1COC(=O)c1ccccc1N. The Hall–Kier alpha value is -2.56. The van der Waals surface area contributed by atoms with Gasteiger partial charge in [-0.1, -0.05) is 12.1 Å². The summed E-state index contributed by atoms with van der Waals surface area (Å²) in [6.07, 6.45) is 1.61. The van der Waals surface area contributed by atoms with Crippen LogP contribution in [-0.2, 0) is 11.3 Å². The van der Waals surface area contributed by atoms with Gasteiger partial charge in [0.1, 0.15) is 6.61 Å². The Morgan fingerprint density at radius 3 is 2.79 bits per heavy atom. The number of anilines is 1. The molecule has 0 unspecified atom stereocenters. The summed E-state index contributed by atoms with van der Waals surface area (Å²) >= 11 is 0. The molecule has 0 aliphatic rings. The normalized spacial score (nSPS) is 9.95. The lowest BCUT2D eigenvalue weighted by molar-refractivity contribution is 0.0471. The number of carbonyl (C=O) groups is 1. The molecule has 1 aromatic heterocycles. The summed E-state index contributed by atoms with van der Waals surface area (Å²) in [7, 11) is 1.52. The number of hydrogen-bond acceptors (Lipinski definition) is 5. The van der Waals surface area contributed by atoms with Crippen molar-refractivity contribution in [3.63, 3.8) is 0 Å². The number of ether oxygens (including phenoxy) is 2. The standard InChI is InChI=1S/C14H14N2O3/c1-18-13-10(5-4-8-16-13)9-19-14(17)11-6-2-3-7-12(11)15/h2-8H,9,15H2,1H3. The molecule has 19 heavy (non-hydrogen) atoms. The minimum atomic E-state index is -0.469. The lowest BCUT2D eigenvalue weighted by atomic mass is 10.2. The van der Waals surface area contributed by atoms with Crippen LogP contribution in [0, 0.1) is 0 Å².